The number of aromatic nitrogens is 1. The van der Waals surface area contributed by atoms with Crippen LogP contribution in [-0.2, 0) is 12.8 Å². The largest absolute Gasteiger partial charge is 0.383 e. The second-order valence-electron chi connectivity index (χ2n) is 7.64. The van der Waals surface area contributed by atoms with E-state index in [1.807, 2.05) is 0 Å². The van der Waals surface area contributed by atoms with E-state index in [9.17, 15) is 0 Å². The third kappa shape index (κ3) is 4.89. The van der Waals surface area contributed by atoms with E-state index in [1.54, 1.807) is 11.3 Å². The Morgan fingerprint density at radius 1 is 1.03 bits per heavy atom. The molecule has 29 heavy (non-hydrogen) atoms. The van der Waals surface area contributed by atoms with Crippen molar-refractivity contribution in [3.05, 3.63) is 64.5 Å². The van der Waals surface area contributed by atoms with Crippen LogP contribution >= 0.6 is 11.3 Å². The van der Waals surface area contributed by atoms with Crippen molar-refractivity contribution in [3.8, 4) is 0 Å². The number of aryl methyl sites for hydroxylation is 1. The molecule has 1 aliphatic heterocycles. The lowest BCUT2D eigenvalue weighted by Gasteiger charge is -2.34. The lowest BCUT2D eigenvalue weighted by Crippen LogP contribution is -2.44. The van der Waals surface area contributed by atoms with Crippen LogP contribution in [0.3, 0.4) is 0 Å². The molecule has 4 rings (SSSR count). The minimum atomic E-state index is 0.619. The molecule has 1 saturated heterocycles. The van der Waals surface area contributed by atoms with Crippen molar-refractivity contribution >= 4 is 33.7 Å². The summed E-state index contributed by atoms with van der Waals surface area (Å²) in [6.45, 7) is 6.56. The Hall–Kier alpha value is -2.57. The molecule has 0 radical (unpaired) electrons. The third-order valence-corrected chi connectivity index (χ3v) is 6.47. The summed E-state index contributed by atoms with van der Waals surface area (Å²) in [7, 11) is 2.18. The molecule has 0 unspecified atom stereocenters. The van der Waals surface area contributed by atoms with Gasteiger partial charge in [-0.05, 0) is 48.9 Å². The average Bonchev–Trinajstić information content (AvgIpc) is 3.08. The second-order valence-corrected chi connectivity index (χ2v) is 8.72. The van der Waals surface area contributed by atoms with Gasteiger partial charge in [0, 0.05) is 44.0 Å². The van der Waals surface area contributed by atoms with E-state index >= 15 is 0 Å². The van der Waals surface area contributed by atoms with Gasteiger partial charge >= 0.3 is 0 Å². The van der Waals surface area contributed by atoms with E-state index in [0.717, 1.165) is 54.7 Å². The van der Waals surface area contributed by atoms with Crippen LogP contribution in [0.5, 0.6) is 0 Å². The highest BCUT2D eigenvalue weighted by atomic mass is 32.1. The molecule has 3 aromatic rings. The number of nitrogens with zero attached hydrogens (tertiary/aromatic N) is 3. The van der Waals surface area contributed by atoms with Crippen LogP contribution in [0.1, 0.15) is 22.9 Å². The number of likely N-dealkylation sites (N-methyl/N-ethyl adjacent to an activating group) is 1. The maximum atomic E-state index is 6.19. The Balaban J connectivity index is 1.41. The van der Waals surface area contributed by atoms with Crippen LogP contribution < -0.4 is 16.0 Å². The van der Waals surface area contributed by atoms with Crippen LogP contribution in [-0.4, -0.2) is 43.1 Å². The Labute approximate surface area is 177 Å². The van der Waals surface area contributed by atoms with Gasteiger partial charge in [0.1, 0.15) is 5.82 Å². The van der Waals surface area contributed by atoms with Crippen molar-refractivity contribution in [1.82, 2.24) is 9.88 Å². The molecule has 1 fully saturated rings. The predicted molar refractivity (Wildman–Crippen MR) is 125 cm³/mol. The highest BCUT2D eigenvalue weighted by Crippen LogP contribution is 2.30. The summed E-state index contributed by atoms with van der Waals surface area (Å²) in [5.41, 5.74) is 11.1. The van der Waals surface area contributed by atoms with Crippen LogP contribution in [0.2, 0.25) is 0 Å². The van der Waals surface area contributed by atoms with Crippen molar-refractivity contribution in [1.29, 1.82) is 0 Å². The molecule has 0 bridgehead atoms. The van der Waals surface area contributed by atoms with Gasteiger partial charge < -0.3 is 20.9 Å². The summed E-state index contributed by atoms with van der Waals surface area (Å²) >= 11 is 1.63. The third-order valence-electron chi connectivity index (χ3n) is 5.48. The molecule has 0 amide bonds. The molecule has 5 nitrogen and oxygen atoms in total. The van der Waals surface area contributed by atoms with Crippen molar-refractivity contribution in [3.63, 3.8) is 0 Å². The topological polar surface area (TPSA) is 57.4 Å². The summed E-state index contributed by atoms with van der Waals surface area (Å²) in [5.74, 6) is 0.619. The summed E-state index contributed by atoms with van der Waals surface area (Å²) < 4.78 is 0. The number of piperazine rings is 1. The van der Waals surface area contributed by atoms with Crippen molar-refractivity contribution in [2.75, 3.05) is 49.2 Å². The fourth-order valence-electron chi connectivity index (χ4n) is 3.63. The van der Waals surface area contributed by atoms with Gasteiger partial charge in [0.15, 0.2) is 5.13 Å². The molecule has 1 aromatic heterocycles. The highest BCUT2D eigenvalue weighted by Gasteiger charge is 2.14. The van der Waals surface area contributed by atoms with E-state index in [-0.39, 0.29) is 0 Å². The SMILES string of the molecule is CCc1cccc(Cc2sc(Nc3ccc(N4CCN(C)CC4)cc3)nc2N)c1. The van der Waals surface area contributed by atoms with E-state index in [4.69, 9.17) is 5.73 Å². The maximum absolute atomic E-state index is 6.19. The molecule has 0 saturated carbocycles. The van der Waals surface area contributed by atoms with Gasteiger partial charge in [-0.3, -0.25) is 0 Å². The molecule has 6 heteroatoms. The first-order chi connectivity index (χ1) is 14.1. The zero-order chi connectivity index (χ0) is 20.2. The Kier molecular flexibility index (Phi) is 6.02. The number of rotatable bonds is 6. The van der Waals surface area contributed by atoms with E-state index in [0.29, 0.717) is 5.82 Å². The summed E-state index contributed by atoms with van der Waals surface area (Å²) in [4.78, 5) is 10.4. The number of nitrogens with two attached hydrogens (primary N) is 1. The number of anilines is 4. The Morgan fingerprint density at radius 3 is 2.48 bits per heavy atom. The Bertz CT molecular complexity index is 942. The van der Waals surface area contributed by atoms with Crippen LogP contribution in [0.25, 0.3) is 0 Å². The summed E-state index contributed by atoms with van der Waals surface area (Å²) in [5, 5.41) is 4.26. The minimum Gasteiger partial charge on any atom is -0.383 e. The van der Waals surface area contributed by atoms with Crippen LogP contribution in [0.4, 0.5) is 22.3 Å². The molecule has 1 aliphatic rings. The molecule has 3 N–H and O–H groups in total. The van der Waals surface area contributed by atoms with E-state index in [2.05, 4.69) is 82.6 Å². The molecular weight excluding hydrogens is 378 g/mol. The molecule has 0 aliphatic carbocycles. The number of nitrogen functional groups attached to an aromatic ring is 1. The van der Waals surface area contributed by atoms with Gasteiger partial charge in [-0.25, -0.2) is 4.98 Å². The first-order valence-electron chi connectivity index (χ1n) is 10.2. The molecule has 2 aromatic carbocycles. The van der Waals surface area contributed by atoms with E-state index < -0.39 is 0 Å². The normalized spacial score (nSPS) is 14.9. The number of benzene rings is 2. The quantitative estimate of drug-likeness (QED) is 0.635. The second kappa shape index (κ2) is 8.84. The fraction of sp³-hybridized carbons (Fsp3) is 0.348. The minimum absolute atomic E-state index is 0.619. The number of thiazole rings is 1. The first-order valence-corrected chi connectivity index (χ1v) is 11.1. The van der Waals surface area contributed by atoms with E-state index in [1.165, 1.54) is 16.8 Å². The van der Waals surface area contributed by atoms with Gasteiger partial charge in [-0.2, -0.15) is 0 Å². The lowest BCUT2D eigenvalue weighted by atomic mass is 10.1. The van der Waals surface area contributed by atoms with Gasteiger partial charge in [0.2, 0.25) is 0 Å². The smallest absolute Gasteiger partial charge is 0.189 e. The van der Waals surface area contributed by atoms with Crippen molar-refractivity contribution in [2.45, 2.75) is 19.8 Å². The number of nitrogens with one attached hydrogen (secondary N) is 1. The summed E-state index contributed by atoms with van der Waals surface area (Å²) in [6.07, 6.45) is 1.87. The molecular formula is C23H29N5S. The number of hydrogen-bond acceptors (Lipinski definition) is 6. The zero-order valence-electron chi connectivity index (χ0n) is 17.2. The van der Waals surface area contributed by atoms with Crippen molar-refractivity contribution < 1.29 is 0 Å². The lowest BCUT2D eigenvalue weighted by molar-refractivity contribution is 0.313. The predicted octanol–water partition coefficient (Wildman–Crippen LogP) is 4.37. The fourth-order valence-corrected chi connectivity index (χ4v) is 4.57. The first kappa shape index (κ1) is 19.7. The van der Waals surface area contributed by atoms with Crippen molar-refractivity contribution in [2.24, 2.45) is 0 Å². The zero-order valence-corrected chi connectivity index (χ0v) is 18.0. The Morgan fingerprint density at radius 2 is 1.76 bits per heavy atom. The van der Waals surface area contributed by atoms with Crippen LogP contribution in [0.15, 0.2) is 48.5 Å². The standard InChI is InChI=1S/C23H29N5S/c1-3-17-5-4-6-18(15-17)16-21-22(24)26-23(29-21)25-19-7-9-20(10-8-19)28-13-11-27(2)12-14-28/h4-10,15H,3,11-14,16,24H2,1-2H3,(H,25,26). The summed E-state index contributed by atoms with van der Waals surface area (Å²) in [6, 6.07) is 17.3. The number of hydrogen-bond donors (Lipinski definition) is 2. The molecule has 2 heterocycles. The molecule has 152 valence electrons. The van der Waals surface area contributed by atoms with Crippen LogP contribution in [0, 0.1) is 0 Å². The van der Waals surface area contributed by atoms with Gasteiger partial charge in [0.05, 0.1) is 4.88 Å². The monoisotopic (exact) mass is 407 g/mol. The van der Waals surface area contributed by atoms with Gasteiger partial charge in [-0.1, -0.05) is 42.5 Å². The average molecular weight is 408 g/mol. The molecule has 0 atom stereocenters. The van der Waals surface area contributed by atoms with Gasteiger partial charge in [-0.15, -0.1) is 0 Å². The highest BCUT2D eigenvalue weighted by molar-refractivity contribution is 7.16. The maximum Gasteiger partial charge on any atom is 0.189 e. The van der Waals surface area contributed by atoms with Gasteiger partial charge in [0.25, 0.3) is 0 Å². The molecule has 0 spiro atoms.